The molecule has 10 heteroatoms. The third-order valence-electron chi connectivity index (χ3n) is 3.56. The SMILES string of the molecule is O=C(Nc1ccc(OC(F)(F)F)c(Cl)c1)c1cccnc1SCc1ccncc1. The fourth-order valence-corrected chi connectivity index (χ4v) is 3.46. The van der Waals surface area contributed by atoms with Gasteiger partial charge in [0, 0.05) is 30.0 Å². The van der Waals surface area contributed by atoms with E-state index in [9.17, 15) is 18.0 Å². The molecule has 1 N–H and O–H groups in total. The third kappa shape index (κ3) is 6.10. The number of hydrogen-bond acceptors (Lipinski definition) is 5. The van der Waals surface area contributed by atoms with Gasteiger partial charge in [-0.05, 0) is 48.0 Å². The van der Waals surface area contributed by atoms with Crippen LogP contribution in [0.3, 0.4) is 0 Å². The predicted molar refractivity (Wildman–Crippen MR) is 104 cm³/mol. The predicted octanol–water partition coefficient (Wildman–Crippen LogP) is 5.57. The Morgan fingerprint density at radius 1 is 1.14 bits per heavy atom. The van der Waals surface area contributed by atoms with E-state index in [0.29, 0.717) is 16.3 Å². The summed E-state index contributed by atoms with van der Waals surface area (Å²) < 4.78 is 40.8. The molecule has 0 aliphatic carbocycles. The summed E-state index contributed by atoms with van der Waals surface area (Å²) in [7, 11) is 0. The molecule has 0 atom stereocenters. The number of benzene rings is 1. The van der Waals surface area contributed by atoms with Crippen LogP contribution in [0.5, 0.6) is 5.75 Å². The molecule has 3 aromatic rings. The minimum absolute atomic E-state index is 0.225. The van der Waals surface area contributed by atoms with E-state index in [2.05, 4.69) is 20.0 Å². The number of amides is 1. The van der Waals surface area contributed by atoms with Gasteiger partial charge in [0.2, 0.25) is 0 Å². The molecule has 1 amide bonds. The summed E-state index contributed by atoms with van der Waals surface area (Å²) in [6, 6.07) is 10.4. The van der Waals surface area contributed by atoms with E-state index >= 15 is 0 Å². The molecule has 0 unspecified atom stereocenters. The number of aromatic nitrogens is 2. The number of rotatable bonds is 6. The summed E-state index contributed by atoms with van der Waals surface area (Å²) in [4.78, 5) is 20.8. The highest BCUT2D eigenvalue weighted by Crippen LogP contribution is 2.32. The van der Waals surface area contributed by atoms with Crippen LogP contribution in [-0.4, -0.2) is 22.2 Å². The Kier molecular flexibility index (Phi) is 6.60. The molecule has 0 bridgehead atoms. The van der Waals surface area contributed by atoms with E-state index in [1.807, 2.05) is 12.1 Å². The third-order valence-corrected chi connectivity index (χ3v) is 4.93. The molecule has 5 nitrogen and oxygen atoms in total. The molecule has 0 fully saturated rings. The number of ether oxygens (including phenoxy) is 1. The normalized spacial score (nSPS) is 11.2. The number of thioether (sulfide) groups is 1. The zero-order chi connectivity index (χ0) is 20.9. The molecular weight excluding hydrogens is 427 g/mol. The van der Waals surface area contributed by atoms with E-state index in [-0.39, 0.29) is 10.7 Å². The lowest BCUT2D eigenvalue weighted by Gasteiger charge is -2.12. The number of carbonyl (C=O) groups excluding carboxylic acids is 1. The number of carbonyl (C=O) groups is 1. The second-order valence-corrected chi connectivity index (χ2v) is 7.02. The van der Waals surface area contributed by atoms with E-state index in [0.717, 1.165) is 11.6 Å². The van der Waals surface area contributed by atoms with Crippen LogP contribution in [0.25, 0.3) is 0 Å². The first-order valence-corrected chi connectivity index (χ1v) is 9.51. The van der Waals surface area contributed by atoms with E-state index < -0.39 is 18.0 Å². The van der Waals surface area contributed by atoms with Crippen LogP contribution >= 0.6 is 23.4 Å². The Labute approximate surface area is 173 Å². The zero-order valence-corrected chi connectivity index (χ0v) is 16.2. The minimum atomic E-state index is -4.86. The maximum Gasteiger partial charge on any atom is 0.573 e. The van der Waals surface area contributed by atoms with E-state index in [4.69, 9.17) is 11.6 Å². The smallest absolute Gasteiger partial charge is 0.404 e. The average Bonchev–Trinajstić information content (AvgIpc) is 2.68. The van der Waals surface area contributed by atoms with Crippen LogP contribution in [0.4, 0.5) is 18.9 Å². The molecule has 2 heterocycles. The van der Waals surface area contributed by atoms with Crippen molar-refractivity contribution in [1.82, 2.24) is 9.97 Å². The second kappa shape index (κ2) is 9.15. The van der Waals surface area contributed by atoms with Crippen molar-refractivity contribution in [3.8, 4) is 5.75 Å². The summed E-state index contributed by atoms with van der Waals surface area (Å²) in [5.41, 5.74) is 1.58. The van der Waals surface area contributed by atoms with Crippen molar-refractivity contribution in [3.05, 3.63) is 77.2 Å². The highest BCUT2D eigenvalue weighted by atomic mass is 35.5. The van der Waals surface area contributed by atoms with Crippen LogP contribution in [0.1, 0.15) is 15.9 Å². The molecule has 0 saturated heterocycles. The monoisotopic (exact) mass is 439 g/mol. The van der Waals surface area contributed by atoms with Gasteiger partial charge in [0.1, 0.15) is 10.8 Å². The summed E-state index contributed by atoms with van der Waals surface area (Å²) >= 11 is 7.20. The number of halogens is 4. The molecule has 0 aliphatic rings. The van der Waals surface area contributed by atoms with Gasteiger partial charge in [-0.1, -0.05) is 11.6 Å². The van der Waals surface area contributed by atoms with Crippen molar-refractivity contribution in [3.63, 3.8) is 0 Å². The largest absolute Gasteiger partial charge is 0.573 e. The van der Waals surface area contributed by atoms with Crippen LogP contribution in [0.15, 0.2) is 66.1 Å². The second-order valence-electron chi connectivity index (χ2n) is 5.65. The Morgan fingerprint density at radius 3 is 2.59 bits per heavy atom. The molecule has 2 aromatic heterocycles. The number of hydrogen-bond donors (Lipinski definition) is 1. The fraction of sp³-hybridized carbons (Fsp3) is 0.105. The van der Waals surface area contributed by atoms with Crippen molar-refractivity contribution in [1.29, 1.82) is 0 Å². The first-order valence-electron chi connectivity index (χ1n) is 8.15. The lowest BCUT2D eigenvalue weighted by molar-refractivity contribution is -0.274. The Morgan fingerprint density at radius 2 is 1.90 bits per heavy atom. The summed E-state index contributed by atoms with van der Waals surface area (Å²) in [5.74, 6) is -0.419. The van der Waals surface area contributed by atoms with Crippen molar-refractivity contribution < 1.29 is 22.7 Å². The van der Waals surface area contributed by atoms with Gasteiger partial charge < -0.3 is 10.1 Å². The topological polar surface area (TPSA) is 64.1 Å². The van der Waals surface area contributed by atoms with Gasteiger partial charge in [-0.25, -0.2) is 4.98 Å². The maximum atomic E-state index is 12.6. The van der Waals surface area contributed by atoms with Crippen molar-refractivity contribution in [2.75, 3.05) is 5.32 Å². The van der Waals surface area contributed by atoms with Crippen LogP contribution < -0.4 is 10.1 Å². The fourth-order valence-electron chi connectivity index (χ4n) is 2.29. The minimum Gasteiger partial charge on any atom is -0.404 e. The van der Waals surface area contributed by atoms with Gasteiger partial charge >= 0.3 is 6.36 Å². The van der Waals surface area contributed by atoms with Crippen LogP contribution in [-0.2, 0) is 5.75 Å². The van der Waals surface area contributed by atoms with Crippen molar-refractivity contribution in [2.45, 2.75) is 17.1 Å². The van der Waals surface area contributed by atoms with Crippen LogP contribution in [0.2, 0.25) is 5.02 Å². The molecule has 3 rings (SSSR count). The molecule has 0 spiro atoms. The Hall–Kier alpha value is -2.78. The van der Waals surface area contributed by atoms with Crippen molar-refractivity contribution >= 4 is 35.0 Å². The van der Waals surface area contributed by atoms with Gasteiger partial charge in [0.15, 0.2) is 0 Å². The zero-order valence-electron chi connectivity index (χ0n) is 14.6. The highest BCUT2D eigenvalue weighted by Gasteiger charge is 2.32. The molecule has 0 saturated carbocycles. The van der Waals surface area contributed by atoms with Gasteiger partial charge in [0.25, 0.3) is 5.91 Å². The first-order chi connectivity index (χ1) is 13.8. The lowest BCUT2D eigenvalue weighted by Crippen LogP contribution is -2.17. The maximum absolute atomic E-state index is 12.6. The Bertz CT molecular complexity index is 1000. The van der Waals surface area contributed by atoms with Gasteiger partial charge in [0.05, 0.1) is 10.6 Å². The summed E-state index contributed by atoms with van der Waals surface area (Å²) in [6.07, 6.45) is 0.0759. The molecule has 150 valence electrons. The number of anilines is 1. The molecule has 29 heavy (non-hydrogen) atoms. The summed E-state index contributed by atoms with van der Waals surface area (Å²) in [5, 5.41) is 2.84. The average molecular weight is 440 g/mol. The van der Waals surface area contributed by atoms with Gasteiger partial charge in [-0.2, -0.15) is 0 Å². The standard InChI is InChI=1S/C19H13ClF3N3O2S/c20-15-10-13(3-4-16(15)28-19(21,22)23)26-17(27)14-2-1-7-25-18(14)29-11-12-5-8-24-9-6-12/h1-10H,11H2,(H,26,27). The number of nitrogens with zero attached hydrogens (tertiary/aromatic N) is 2. The molecular formula is C19H13ClF3N3O2S. The Balaban J connectivity index is 1.72. The van der Waals surface area contributed by atoms with E-state index in [1.54, 1.807) is 30.7 Å². The van der Waals surface area contributed by atoms with Gasteiger partial charge in [-0.3, -0.25) is 9.78 Å². The first kappa shape index (κ1) is 20.9. The molecule has 1 aromatic carbocycles. The van der Waals surface area contributed by atoms with Crippen molar-refractivity contribution in [2.24, 2.45) is 0 Å². The number of alkyl halides is 3. The number of nitrogens with one attached hydrogen (secondary N) is 1. The van der Waals surface area contributed by atoms with E-state index in [1.165, 1.54) is 23.9 Å². The van der Waals surface area contributed by atoms with Crippen LogP contribution in [0, 0.1) is 0 Å². The molecule has 0 aliphatic heterocycles. The highest BCUT2D eigenvalue weighted by molar-refractivity contribution is 7.98. The number of pyridine rings is 2. The summed E-state index contributed by atoms with van der Waals surface area (Å²) in [6.45, 7) is 0. The molecule has 0 radical (unpaired) electrons. The lowest BCUT2D eigenvalue weighted by atomic mass is 10.2. The van der Waals surface area contributed by atoms with Gasteiger partial charge in [-0.15, -0.1) is 24.9 Å². The quantitative estimate of drug-likeness (QED) is 0.508.